The number of benzene rings is 1. The maximum Gasteiger partial charge on any atom is 0.325 e. The fraction of sp³-hybridized carbons (Fsp3) is 0.577. The largest absolute Gasteiger partial charge is 0.325 e. The number of imide groups is 1. The number of fused-ring (bicyclic) bond motifs is 1. The van der Waals surface area contributed by atoms with Crippen molar-refractivity contribution in [3.05, 3.63) is 30.1 Å². The summed E-state index contributed by atoms with van der Waals surface area (Å²) in [4.78, 5) is 39.8. The third-order valence-electron chi connectivity index (χ3n) is 7.46. The molecule has 1 spiro atoms. The van der Waals surface area contributed by atoms with Crippen molar-refractivity contribution in [2.75, 3.05) is 11.9 Å². The second kappa shape index (κ2) is 8.77. The molecule has 9 nitrogen and oxygen atoms in total. The minimum Gasteiger partial charge on any atom is -0.325 e. The predicted molar refractivity (Wildman–Crippen MR) is 131 cm³/mol. The van der Waals surface area contributed by atoms with Crippen LogP contribution in [-0.2, 0) is 22.6 Å². The normalized spacial score (nSPS) is 25.8. The number of nitrogens with one attached hydrogen (secondary N) is 2. The second-order valence-corrected chi connectivity index (χ2v) is 11.3. The van der Waals surface area contributed by atoms with E-state index in [2.05, 4.69) is 46.2 Å². The zero-order valence-corrected chi connectivity index (χ0v) is 20.8. The first kappa shape index (κ1) is 23.5. The van der Waals surface area contributed by atoms with Crippen LogP contribution in [0.5, 0.6) is 0 Å². The molecule has 1 saturated heterocycles. The van der Waals surface area contributed by atoms with Crippen LogP contribution in [0.2, 0.25) is 0 Å². The standard InChI is InChI=1S/C26H34N6O3/c1-17-13-25(2,3)16-26(14-17)23(34)32(24(35)28-26)15-21(33)27-19-10-8-18(9-11-19)22-30-29-20-7-5-4-6-12-31(20)22/h8-11,17H,4-7,12-16H2,1-3H3,(H,27,33)(H,28,35)/t17-,26-/m1/s1. The summed E-state index contributed by atoms with van der Waals surface area (Å²) in [5.41, 5.74) is 0.581. The van der Waals surface area contributed by atoms with Gasteiger partial charge in [0, 0.05) is 24.2 Å². The van der Waals surface area contributed by atoms with Crippen molar-refractivity contribution in [2.24, 2.45) is 11.3 Å². The molecule has 5 rings (SSSR count). The molecule has 1 aliphatic carbocycles. The molecule has 1 aromatic heterocycles. The van der Waals surface area contributed by atoms with Gasteiger partial charge in [0.15, 0.2) is 5.82 Å². The topological polar surface area (TPSA) is 109 Å². The Bertz CT molecular complexity index is 1150. The number of hydrogen-bond donors (Lipinski definition) is 2. The van der Waals surface area contributed by atoms with Gasteiger partial charge in [-0.05, 0) is 67.7 Å². The lowest BCUT2D eigenvalue weighted by molar-refractivity contribution is -0.136. The quantitative estimate of drug-likeness (QED) is 0.651. The molecular formula is C26H34N6O3. The predicted octanol–water partition coefficient (Wildman–Crippen LogP) is 3.75. The summed E-state index contributed by atoms with van der Waals surface area (Å²) in [5, 5.41) is 14.5. The second-order valence-electron chi connectivity index (χ2n) is 11.3. The van der Waals surface area contributed by atoms with Gasteiger partial charge in [0.2, 0.25) is 5.91 Å². The van der Waals surface area contributed by atoms with Gasteiger partial charge in [0.25, 0.3) is 5.91 Å². The van der Waals surface area contributed by atoms with Crippen LogP contribution in [0.1, 0.15) is 65.1 Å². The van der Waals surface area contributed by atoms with Crippen LogP contribution in [0.25, 0.3) is 11.4 Å². The molecule has 1 saturated carbocycles. The van der Waals surface area contributed by atoms with E-state index < -0.39 is 17.5 Å². The number of urea groups is 1. The Kier molecular flexibility index (Phi) is 5.89. The maximum atomic E-state index is 13.3. The van der Waals surface area contributed by atoms with E-state index in [4.69, 9.17) is 0 Å². The SMILES string of the molecule is C[C@@H]1CC(C)(C)C[C@@]2(C1)NC(=O)N(CC(=O)Nc1ccc(-c3nnc4n3CCCCC4)cc1)C2=O. The summed E-state index contributed by atoms with van der Waals surface area (Å²) in [6.45, 7) is 6.97. The van der Waals surface area contributed by atoms with Crippen molar-refractivity contribution in [3.8, 4) is 11.4 Å². The van der Waals surface area contributed by atoms with E-state index in [9.17, 15) is 14.4 Å². The fourth-order valence-electron chi connectivity index (χ4n) is 6.39. The van der Waals surface area contributed by atoms with Crippen molar-refractivity contribution in [1.29, 1.82) is 0 Å². The number of aromatic nitrogens is 3. The molecule has 0 bridgehead atoms. The van der Waals surface area contributed by atoms with Crippen LogP contribution in [0, 0.1) is 11.3 Å². The van der Waals surface area contributed by atoms with E-state index in [1.54, 1.807) is 0 Å². The highest BCUT2D eigenvalue weighted by Gasteiger charge is 2.56. The van der Waals surface area contributed by atoms with E-state index in [-0.39, 0.29) is 17.9 Å². The van der Waals surface area contributed by atoms with Gasteiger partial charge in [-0.1, -0.05) is 27.2 Å². The summed E-state index contributed by atoms with van der Waals surface area (Å²) in [6, 6.07) is 6.95. The van der Waals surface area contributed by atoms with Gasteiger partial charge in [0.05, 0.1) is 0 Å². The van der Waals surface area contributed by atoms with Crippen LogP contribution < -0.4 is 10.6 Å². The molecular weight excluding hydrogens is 444 g/mol. The highest BCUT2D eigenvalue weighted by molar-refractivity contribution is 6.10. The summed E-state index contributed by atoms with van der Waals surface area (Å²) in [7, 11) is 0. The van der Waals surface area contributed by atoms with Crippen LogP contribution in [0.4, 0.5) is 10.5 Å². The monoisotopic (exact) mass is 478 g/mol. The zero-order valence-electron chi connectivity index (χ0n) is 20.8. The number of carbonyl (C=O) groups is 3. The molecule has 3 heterocycles. The van der Waals surface area contributed by atoms with Crippen LogP contribution in [0.3, 0.4) is 0 Å². The molecule has 4 amide bonds. The van der Waals surface area contributed by atoms with Crippen molar-refractivity contribution in [1.82, 2.24) is 25.0 Å². The fourth-order valence-corrected chi connectivity index (χ4v) is 6.39. The van der Waals surface area contributed by atoms with E-state index in [1.807, 2.05) is 24.3 Å². The van der Waals surface area contributed by atoms with Gasteiger partial charge in [-0.3, -0.25) is 14.5 Å². The van der Waals surface area contributed by atoms with E-state index in [1.165, 1.54) is 6.42 Å². The minimum absolute atomic E-state index is 0.0522. The van der Waals surface area contributed by atoms with Gasteiger partial charge in [-0.2, -0.15) is 0 Å². The van der Waals surface area contributed by atoms with Gasteiger partial charge >= 0.3 is 6.03 Å². The van der Waals surface area contributed by atoms with Crippen LogP contribution >= 0.6 is 0 Å². The third kappa shape index (κ3) is 4.56. The van der Waals surface area contributed by atoms with Gasteiger partial charge in [0.1, 0.15) is 17.9 Å². The Balaban J connectivity index is 1.24. The maximum absolute atomic E-state index is 13.3. The van der Waals surface area contributed by atoms with Crippen LogP contribution in [0.15, 0.2) is 24.3 Å². The Morgan fingerprint density at radius 1 is 1.11 bits per heavy atom. The lowest BCUT2D eigenvalue weighted by Gasteiger charge is -2.43. The molecule has 186 valence electrons. The Morgan fingerprint density at radius 2 is 1.89 bits per heavy atom. The highest BCUT2D eigenvalue weighted by atomic mass is 16.2. The molecule has 0 radical (unpaired) electrons. The highest BCUT2D eigenvalue weighted by Crippen LogP contribution is 2.46. The molecule has 0 unspecified atom stereocenters. The first-order chi connectivity index (χ1) is 16.7. The van der Waals surface area contributed by atoms with Crippen LogP contribution in [-0.4, -0.2) is 49.6 Å². The Labute approximate surface area is 205 Å². The molecule has 35 heavy (non-hydrogen) atoms. The summed E-state index contributed by atoms with van der Waals surface area (Å²) in [5.74, 6) is 1.49. The Morgan fingerprint density at radius 3 is 2.63 bits per heavy atom. The number of amides is 4. The molecule has 1 aromatic carbocycles. The molecule has 2 aliphatic heterocycles. The Hall–Kier alpha value is -3.23. The molecule has 2 aromatic rings. The van der Waals surface area contributed by atoms with Crippen molar-refractivity contribution in [3.63, 3.8) is 0 Å². The zero-order chi connectivity index (χ0) is 24.8. The third-order valence-corrected chi connectivity index (χ3v) is 7.46. The number of hydrogen-bond acceptors (Lipinski definition) is 5. The average molecular weight is 479 g/mol. The lowest BCUT2D eigenvalue weighted by atomic mass is 9.64. The molecule has 2 fully saturated rings. The van der Waals surface area contributed by atoms with E-state index >= 15 is 0 Å². The molecule has 9 heteroatoms. The minimum atomic E-state index is -0.906. The lowest BCUT2D eigenvalue weighted by Crippen LogP contribution is -2.54. The molecule has 2 N–H and O–H groups in total. The van der Waals surface area contributed by atoms with E-state index in [0.29, 0.717) is 24.4 Å². The summed E-state index contributed by atoms with van der Waals surface area (Å²) < 4.78 is 2.18. The average Bonchev–Trinajstić information content (AvgIpc) is 3.15. The number of nitrogens with zero attached hydrogens (tertiary/aromatic N) is 4. The molecule has 2 atom stereocenters. The van der Waals surface area contributed by atoms with Gasteiger partial charge in [-0.25, -0.2) is 4.79 Å². The first-order valence-corrected chi connectivity index (χ1v) is 12.6. The summed E-state index contributed by atoms with van der Waals surface area (Å²) >= 11 is 0. The number of aryl methyl sites for hydroxylation is 1. The molecule has 3 aliphatic rings. The first-order valence-electron chi connectivity index (χ1n) is 12.6. The van der Waals surface area contributed by atoms with Crippen molar-refractivity contribution < 1.29 is 14.4 Å². The van der Waals surface area contributed by atoms with Gasteiger partial charge in [-0.15, -0.1) is 10.2 Å². The van der Waals surface area contributed by atoms with Gasteiger partial charge < -0.3 is 15.2 Å². The van der Waals surface area contributed by atoms with Crippen molar-refractivity contribution in [2.45, 2.75) is 77.8 Å². The number of carbonyl (C=O) groups excluding carboxylic acids is 3. The van der Waals surface area contributed by atoms with Crippen molar-refractivity contribution >= 4 is 23.5 Å². The smallest absolute Gasteiger partial charge is 0.325 e. The van der Waals surface area contributed by atoms with E-state index in [0.717, 1.165) is 54.3 Å². The number of rotatable bonds is 4. The summed E-state index contributed by atoms with van der Waals surface area (Å²) in [6.07, 6.45) is 6.59. The number of anilines is 1.